The number of hydrogen-bond acceptors (Lipinski definition) is 5. The molecule has 1 aromatic heterocycles. The lowest BCUT2D eigenvalue weighted by Gasteiger charge is -2.13. The highest BCUT2D eigenvalue weighted by Gasteiger charge is 2.13. The Bertz CT molecular complexity index is 987. The Morgan fingerprint density at radius 2 is 1.87 bits per heavy atom. The predicted molar refractivity (Wildman–Crippen MR) is 130 cm³/mol. The minimum Gasteiger partial charge on any atom is -0.383 e. The van der Waals surface area contributed by atoms with Crippen LogP contribution in [0.25, 0.3) is 0 Å². The van der Waals surface area contributed by atoms with Crippen molar-refractivity contribution >= 4 is 39.8 Å². The van der Waals surface area contributed by atoms with E-state index in [1.807, 2.05) is 23.7 Å². The lowest BCUT2D eigenvalue weighted by Crippen LogP contribution is -2.36. The smallest absolute Gasteiger partial charge is 0.191 e. The van der Waals surface area contributed by atoms with Gasteiger partial charge in [0, 0.05) is 44.8 Å². The zero-order valence-corrected chi connectivity index (χ0v) is 21.6. The SMILES string of the molecule is CN=C(NCc1ccc(S(C)(=O)=O)c(C)c1)NCc1c(C)nn(CCOC)c1C.I. The quantitative estimate of drug-likeness (QED) is 0.298. The fraction of sp³-hybridized carbons (Fsp3) is 0.500. The molecule has 1 heterocycles. The van der Waals surface area contributed by atoms with Gasteiger partial charge in [0.15, 0.2) is 15.8 Å². The van der Waals surface area contributed by atoms with Gasteiger partial charge in [0.25, 0.3) is 0 Å². The summed E-state index contributed by atoms with van der Waals surface area (Å²) in [7, 11) is 0.188. The molecule has 0 unspecified atom stereocenters. The maximum Gasteiger partial charge on any atom is 0.191 e. The fourth-order valence-corrected chi connectivity index (χ4v) is 4.16. The number of benzene rings is 1. The van der Waals surface area contributed by atoms with Crippen molar-refractivity contribution in [2.75, 3.05) is 27.0 Å². The van der Waals surface area contributed by atoms with E-state index in [0.717, 1.165) is 34.6 Å². The first kappa shape index (κ1) is 26.4. The molecule has 0 saturated heterocycles. The van der Waals surface area contributed by atoms with Gasteiger partial charge in [-0.25, -0.2) is 8.42 Å². The van der Waals surface area contributed by atoms with Gasteiger partial charge < -0.3 is 15.4 Å². The van der Waals surface area contributed by atoms with Crippen LogP contribution < -0.4 is 10.6 Å². The number of halogens is 1. The molecule has 2 aromatic rings. The molecule has 0 spiro atoms. The van der Waals surface area contributed by atoms with Gasteiger partial charge in [-0.15, -0.1) is 24.0 Å². The largest absolute Gasteiger partial charge is 0.383 e. The van der Waals surface area contributed by atoms with Crippen molar-refractivity contribution < 1.29 is 13.2 Å². The molecule has 10 heteroatoms. The number of aromatic nitrogens is 2. The molecular formula is C20H32IN5O3S. The van der Waals surface area contributed by atoms with Gasteiger partial charge in [0.2, 0.25) is 0 Å². The molecule has 168 valence electrons. The number of aryl methyl sites for hydroxylation is 2. The summed E-state index contributed by atoms with van der Waals surface area (Å²) in [6.45, 7) is 8.34. The van der Waals surface area contributed by atoms with Crippen LogP contribution in [0.1, 0.15) is 28.1 Å². The minimum atomic E-state index is -3.21. The standard InChI is InChI=1S/C20H31N5O3S.HI/c1-14-11-17(7-8-19(14)29(6,26)27)12-22-20(21-4)23-13-18-15(2)24-25(16(18)3)9-10-28-5;/h7-8,11H,9-10,12-13H2,1-6H3,(H2,21,22,23);1H. The van der Waals surface area contributed by atoms with Crippen LogP contribution in [0.2, 0.25) is 0 Å². The summed E-state index contributed by atoms with van der Waals surface area (Å²) in [5, 5.41) is 11.1. The molecule has 8 nitrogen and oxygen atoms in total. The summed E-state index contributed by atoms with van der Waals surface area (Å²) < 4.78 is 30.6. The molecule has 0 amide bonds. The Kier molecular flexibility index (Phi) is 10.2. The second kappa shape index (κ2) is 11.7. The number of methoxy groups -OCH3 is 1. The Hall–Kier alpha value is -1.66. The fourth-order valence-electron chi connectivity index (χ4n) is 3.20. The number of guanidine groups is 1. The van der Waals surface area contributed by atoms with Crippen molar-refractivity contribution in [1.82, 2.24) is 20.4 Å². The molecule has 2 N–H and O–H groups in total. The monoisotopic (exact) mass is 549 g/mol. The van der Waals surface area contributed by atoms with E-state index in [-0.39, 0.29) is 24.0 Å². The highest BCUT2D eigenvalue weighted by atomic mass is 127. The van der Waals surface area contributed by atoms with E-state index in [0.29, 0.717) is 30.6 Å². The van der Waals surface area contributed by atoms with Crippen LogP contribution in [0.5, 0.6) is 0 Å². The average Bonchev–Trinajstić information content (AvgIpc) is 2.92. The third-order valence-corrected chi connectivity index (χ3v) is 6.05. The van der Waals surface area contributed by atoms with E-state index >= 15 is 0 Å². The van der Waals surface area contributed by atoms with Crippen molar-refractivity contribution in [2.24, 2.45) is 4.99 Å². The lowest BCUT2D eigenvalue weighted by atomic mass is 10.1. The Labute approximate surface area is 196 Å². The first-order valence-electron chi connectivity index (χ1n) is 9.43. The van der Waals surface area contributed by atoms with Gasteiger partial charge in [-0.3, -0.25) is 9.67 Å². The molecule has 0 atom stereocenters. The average molecular weight is 549 g/mol. The van der Waals surface area contributed by atoms with Crippen molar-refractivity contribution in [3.63, 3.8) is 0 Å². The van der Waals surface area contributed by atoms with Crippen LogP contribution in [0.3, 0.4) is 0 Å². The van der Waals surface area contributed by atoms with Crippen LogP contribution in [0.4, 0.5) is 0 Å². The highest BCUT2D eigenvalue weighted by molar-refractivity contribution is 14.0. The highest BCUT2D eigenvalue weighted by Crippen LogP contribution is 2.16. The molecule has 30 heavy (non-hydrogen) atoms. The number of aliphatic imine (C=N–C) groups is 1. The minimum absolute atomic E-state index is 0. The van der Waals surface area contributed by atoms with Crippen LogP contribution in [0, 0.1) is 20.8 Å². The number of hydrogen-bond donors (Lipinski definition) is 2. The predicted octanol–water partition coefficient (Wildman–Crippen LogP) is 2.34. The number of nitrogens with one attached hydrogen (secondary N) is 2. The molecule has 0 aliphatic heterocycles. The Balaban J connectivity index is 0.00000450. The molecular weight excluding hydrogens is 517 g/mol. The third-order valence-electron chi connectivity index (χ3n) is 4.79. The molecule has 0 bridgehead atoms. The first-order valence-corrected chi connectivity index (χ1v) is 11.3. The van der Waals surface area contributed by atoms with Crippen molar-refractivity contribution in [2.45, 2.75) is 45.3 Å². The summed E-state index contributed by atoms with van der Waals surface area (Å²) in [6.07, 6.45) is 1.22. The van der Waals surface area contributed by atoms with Crippen LogP contribution in [-0.2, 0) is 34.2 Å². The normalized spacial score (nSPS) is 11.9. The molecule has 0 aliphatic carbocycles. The van der Waals surface area contributed by atoms with Crippen LogP contribution in [0.15, 0.2) is 28.1 Å². The summed E-state index contributed by atoms with van der Waals surface area (Å²) in [5.41, 5.74) is 4.95. The number of sulfone groups is 1. The second-order valence-electron chi connectivity index (χ2n) is 7.02. The van der Waals surface area contributed by atoms with E-state index in [9.17, 15) is 8.42 Å². The van der Waals surface area contributed by atoms with Crippen LogP contribution >= 0.6 is 24.0 Å². The topological polar surface area (TPSA) is 97.6 Å². The van der Waals surface area contributed by atoms with E-state index in [1.165, 1.54) is 6.26 Å². The molecule has 0 aliphatic rings. The zero-order valence-electron chi connectivity index (χ0n) is 18.4. The van der Waals surface area contributed by atoms with Gasteiger partial charge in [0.05, 0.1) is 23.7 Å². The van der Waals surface area contributed by atoms with Crippen LogP contribution in [-0.4, -0.2) is 51.2 Å². The number of rotatable bonds is 8. The molecule has 0 saturated carbocycles. The molecule has 1 aromatic carbocycles. The molecule has 0 radical (unpaired) electrons. The maximum absolute atomic E-state index is 11.8. The van der Waals surface area contributed by atoms with Crippen molar-refractivity contribution in [3.8, 4) is 0 Å². The zero-order chi connectivity index (χ0) is 21.6. The van der Waals surface area contributed by atoms with E-state index in [4.69, 9.17) is 4.74 Å². The van der Waals surface area contributed by atoms with Gasteiger partial charge in [-0.1, -0.05) is 12.1 Å². The van der Waals surface area contributed by atoms with E-state index < -0.39 is 9.84 Å². The second-order valence-corrected chi connectivity index (χ2v) is 9.00. The third kappa shape index (κ3) is 6.95. The van der Waals surface area contributed by atoms with E-state index in [2.05, 4.69) is 27.6 Å². The van der Waals surface area contributed by atoms with Crippen molar-refractivity contribution in [1.29, 1.82) is 0 Å². The summed E-state index contributed by atoms with van der Waals surface area (Å²) in [4.78, 5) is 4.63. The van der Waals surface area contributed by atoms with Gasteiger partial charge in [-0.2, -0.15) is 5.10 Å². The van der Waals surface area contributed by atoms with Gasteiger partial charge in [0.1, 0.15) is 0 Å². The van der Waals surface area contributed by atoms with Crippen molar-refractivity contribution in [3.05, 3.63) is 46.3 Å². The first-order chi connectivity index (χ1) is 13.7. The molecule has 0 fully saturated rings. The Morgan fingerprint density at radius 3 is 2.43 bits per heavy atom. The summed E-state index contributed by atoms with van der Waals surface area (Å²) in [6, 6.07) is 5.35. The molecule has 2 rings (SSSR count). The Morgan fingerprint density at radius 1 is 1.20 bits per heavy atom. The lowest BCUT2D eigenvalue weighted by molar-refractivity contribution is 0.182. The van der Waals surface area contributed by atoms with Gasteiger partial charge in [-0.05, 0) is 38.0 Å². The number of nitrogens with zero attached hydrogens (tertiary/aromatic N) is 3. The van der Waals surface area contributed by atoms with E-state index in [1.54, 1.807) is 27.1 Å². The maximum atomic E-state index is 11.8. The summed E-state index contributed by atoms with van der Waals surface area (Å²) >= 11 is 0. The number of ether oxygens (including phenoxy) is 1. The van der Waals surface area contributed by atoms with Gasteiger partial charge >= 0.3 is 0 Å². The summed E-state index contributed by atoms with van der Waals surface area (Å²) in [5.74, 6) is 0.665.